The van der Waals surface area contributed by atoms with Gasteiger partial charge in [0.25, 0.3) is 0 Å². The van der Waals surface area contributed by atoms with Crippen LogP contribution in [0.2, 0.25) is 0 Å². The van der Waals surface area contributed by atoms with E-state index in [2.05, 4.69) is 23.2 Å². The first-order chi connectivity index (χ1) is 10.3. The van der Waals surface area contributed by atoms with Crippen LogP contribution in [-0.2, 0) is 0 Å². The molecule has 0 amide bonds. The molecule has 0 fully saturated rings. The SMILES string of the molecule is Fc1ccc(-c2ccc(/C=C/c3ccccc3)cn2)cc1. The Hall–Kier alpha value is -2.74. The Labute approximate surface area is 123 Å². The van der Waals surface area contributed by atoms with E-state index in [1.807, 2.05) is 42.6 Å². The highest BCUT2D eigenvalue weighted by Gasteiger charge is 1.99. The van der Waals surface area contributed by atoms with E-state index in [0.717, 1.165) is 22.4 Å². The average molecular weight is 275 g/mol. The standard InChI is InChI=1S/C19H14FN/c20-18-11-9-17(10-12-18)19-13-8-16(14-21-19)7-6-15-4-2-1-3-5-15/h1-14H/b7-6+. The van der Waals surface area contributed by atoms with Crippen molar-refractivity contribution in [1.29, 1.82) is 0 Å². The van der Waals surface area contributed by atoms with Crippen LogP contribution in [0.5, 0.6) is 0 Å². The third kappa shape index (κ3) is 3.42. The summed E-state index contributed by atoms with van der Waals surface area (Å²) in [5.41, 5.74) is 3.94. The lowest BCUT2D eigenvalue weighted by molar-refractivity contribution is 0.628. The number of hydrogen-bond donors (Lipinski definition) is 0. The fraction of sp³-hybridized carbons (Fsp3) is 0. The summed E-state index contributed by atoms with van der Waals surface area (Å²) in [7, 11) is 0. The Kier molecular flexibility index (Phi) is 3.88. The molecule has 0 unspecified atom stereocenters. The molecule has 3 rings (SSSR count). The molecule has 1 heterocycles. The molecule has 0 aliphatic rings. The van der Waals surface area contributed by atoms with Gasteiger partial charge in [-0.2, -0.15) is 0 Å². The van der Waals surface area contributed by atoms with Crippen LogP contribution in [0.25, 0.3) is 23.4 Å². The fourth-order valence-corrected chi connectivity index (χ4v) is 2.05. The van der Waals surface area contributed by atoms with Gasteiger partial charge in [-0.3, -0.25) is 4.98 Å². The third-order valence-corrected chi connectivity index (χ3v) is 3.19. The van der Waals surface area contributed by atoms with Crippen LogP contribution in [0.3, 0.4) is 0 Å². The van der Waals surface area contributed by atoms with Gasteiger partial charge >= 0.3 is 0 Å². The molecular formula is C19H14FN. The van der Waals surface area contributed by atoms with Gasteiger partial charge in [0.2, 0.25) is 0 Å². The molecule has 0 bridgehead atoms. The number of benzene rings is 2. The van der Waals surface area contributed by atoms with E-state index in [0.29, 0.717) is 0 Å². The van der Waals surface area contributed by atoms with Gasteiger partial charge < -0.3 is 0 Å². The molecule has 2 aromatic carbocycles. The Balaban J connectivity index is 1.78. The van der Waals surface area contributed by atoms with Crippen molar-refractivity contribution in [2.45, 2.75) is 0 Å². The smallest absolute Gasteiger partial charge is 0.123 e. The highest BCUT2D eigenvalue weighted by Crippen LogP contribution is 2.18. The molecular weight excluding hydrogens is 261 g/mol. The van der Waals surface area contributed by atoms with E-state index in [1.165, 1.54) is 12.1 Å². The monoisotopic (exact) mass is 275 g/mol. The number of halogens is 1. The van der Waals surface area contributed by atoms with Gasteiger partial charge in [-0.25, -0.2) is 4.39 Å². The lowest BCUT2D eigenvalue weighted by Gasteiger charge is -2.01. The first kappa shape index (κ1) is 13.3. The van der Waals surface area contributed by atoms with Crippen LogP contribution < -0.4 is 0 Å². The minimum atomic E-state index is -0.235. The maximum absolute atomic E-state index is 12.9. The van der Waals surface area contributed by atoms with Gasteiger partial charge in [-0.15, -0.1) is 0 Å². The maximum atomic E-state index is 12.9. The van der Waals surface area contributed by atoms with Crippen LogP contribution in [0.15, 0.2) is 72.9 Å². The average Bonchev–Trinajstić information content (AvgIpc) is 2.55. The zero-order valence-corrected chi connectivity index (χ0v) is 11.4. The van der Waals surface area contributed by atoms with Crippen molar-refractivity contribution in [2.24, 2.45) is 0 Å². The number of hydrogen-bond acceptors (Lipinski definition) is 1. The highest BCUT2D eigenvalue weighted by atomic mass is 19.1. The van der Waals surface area contributed by atoms with Crippen LogP contribution in [-0.4, -0.2) is 4.98 Å². The Morgan fingerprint density at radius 1 is 0.714 bits per heavy atom. The summed E-state index contributed by atoms with van der Waals surface area (Å²) < 4.78 is 12.9. The summed E-state index contributed by atoms with van der Waals surface area (Å²) in [5.74, 6) is -0.235. The predicted molar refractivity (Wildman–Crippen MR) is 85.0 cm³/mol. The van der Waals surface area contributed by atoms with Crippen LogP contribution in [0, 0.1) is 5.82 Å². The zero-order valence-electron chi connectivity index (χ0n) is 11.4. The highest BCUT2D eigenvalue weighted by molar-refractivity contribution is 5.70. The topological polar surface area (TPSA) is 12.9 Å². The Morgan fingerprint density at radius 3 is 2.10 bits per heavy atom. The molecule has 21 heavy (non-hydrogen) atoms. The number of pyridine rings is 1. The van der Waals surface area contributed by atoms with Gasteiger partial charge in [0.1, 0.15) is 5.82 Å². The van der Waals surface area contributed by atoms with Gasteiger partial charge in [0.15, 0.2) is 0 Å². The molecule has 0 aliphatic carbocycles. The summed E-state index contributed by atoms with van der Waals surface area (Å²) in [4.78, 5) is 4.42. The molecule has 0 atom stereocenters. The normalized spacial score (nSPS) is 10.9. The predicted octanol–water partition coefficient (Wildman–Crippen LogP) is 5.06. The quantitative estimate of drug-likeness (QED) is 0.651. The van der Waals surface area contributed by atoms with Crippen molar-refractivity contribution in [2.75, 3.05) is 0 Å². The molecule has 0 radical (unpaired) electrons. The minimum Gasteiger partial charge on any atom is -0.256 e. The second-order valence-corrected chi connectivity index (χ2v) is 4.73. The van der Waals surface area contributed by atoms with E-state index >= 15 is 0 Å². The maximum Gasteiger partial charge on any atom is 0.123 e. The number of nitrogens with zero attached hydrogens (tertiary/aromatic N) is 1. The van der Waals surface area contributed by atoms with Gasteiger partial charge in [-0.05, 0) is 41.5 Å². The molecule has 102 valence electrons. The Bertz CT molecular complexity index is 729. The van der Waals surface area contributed by atoms with Gasteiger partial charge in [-0.1, -0.05) is 48.6 Å². The third-order valence-electron chi connectivity index (χ3n) is 3.19. The lowest BCUT2D eigenvalue weighted by atomic mass is 10.1. The van der Waals surface area contributed by atoms with E-state index < -0.39 is 0 Å². The summed E-state index contributed by atoms with van der Waals surface area (Å²) in [6.45, 7) is 0. The first-order valence-corrected chi connectivity index (χ1v) is 6.76. The second kappa shape index (κ2) is 6.14. The summed E-state index contributed by atoms with van der Waals surface area (Å²) in [6, 6.07) is 20.4. The van der Waals surface area contributed by atoms with Crippen molar-refractivity contribution < 1.29 is 4.39 Å². The van der Waals surface area contributed by atoms with Crippen LogP contribution >= 0.6 is 0 Å². The molecule has 0 aliphatic heterocycles. The number of aromatic nitrogens is 1. The minimum absolute atomic E-state index is 0.235. The van der Waals surface area contributed by atoms with E-state index in [4.69, 9.17) is 0 Å². The Morgan fingerprint density at radius 2 is 1.43 bits per heavy atom. The molecule has 0 saturated carbocycles. The fourth-order valence-electron chi connectivity index (χ4n) is 2.05. The van der Waals surface area contributed by atoms with Crippen molar-refractivity contribution in [3.05, 3.63) is 89.9 Å². The van der Waals surface area contributed by atoms with Gasteiger partial charge in [0.05, 0.1) is 5.69 Å². The van der Waals surface area contributed by atoms with E-state index in [9.17, 15) is 4.39 Å². The molecule has 0 saturated heterocycles. The summed E-state index contributed by atoms with van der Waals surface area (Å²) in [6.07, 6.45) is 5.89. The first-order valence-electron chi connectivity index (χ1n) is 6.76. The molecule has 1 aromatic heterocycles. The van der Waals surface area contributed by atoms with Crippen LogP contribution in [0.1, 0.15) is 11.1 Å². The van der Waals surface area contributed by atoms with Crippen molar-refractivity contribution in [3.8, 4) is 11.3 Å². The summed E-state index contributed by atoms with van der Waals surface area (Å²) in [5, 5.41) is 0. The van der Waals surface area contributed by atoms with E-state index in [-0.39, 0.29) is 5.82 Å². The zero-order chi connectivity index (χ0) is 14.5. The molecule has 0 spiro atoms. The van der Waals surface area contributed by atoms with Crippen molar-refractivity contribution in [1.82, 2.24) is 4.98 Å². The largest absolute Gasteiger partial charge is 0.256 e. The second-order valence-electron chi connectivity index (χ2n) is 4.73. The van der Waals surface area contributed by atoms with Crippen molar-refractivity contribution in [3.63, 3.8) is 0 Å². The molecule has 3 aromatic rings. The van der Waals surface area contributed by atoms with Crippen LogP contribution in [0.4, 0.5) is 4.39 Å². The summed E-state index contributed by atoms with van der Waals surface area (Å²) >= 11 is 0. The van der Waals surface area contributed by atoms with E-state index in [1.54, 1.807) is 12.1 Å². The number of rotatable bonds is 3. The molecule has 2 heteroatoms. The molecule has 1 nitrogen and oxygen atoms in total. The van der Waals surface area contributed by atoms with Crippen molar-refractivity contribution >= 4 is 12.2 Å². The molecule has 0 N–H and O–H groups in total. The lowest BCUT2D eigenvalue weighted by Crippen LogP contribution is -1.84. The van der Waals surface area contributed by atoms with Gasteiger partial charge in [0, 0.05) is 11.8 Å².